The van der Waals surface area contributed by atoms with Crippen LogP contribution in [0.1, 0.15) is 22.5 Å². The first-order valence-electron chi connectivity index (χ1n) is 3.14. The molecule has 0 radical (unpaired) electrons. The Balaban J connectivity index is 3.20. The molecule has 1 aromatic heterocycles. The summed E-state index contributed by atoms with van der Waals surface area (Å²) < 4.78 is 24.2. The highest BCUT2D eigenvalue weighted by molar-refractivity contribution is 5.78. The second-order valence-corrected chi connectivity index (χ2v) is 2.16. The zero-order chi connectivity index (χ0) is 9.14. The Kier molecular flexibility index (Phi) is 2.32. The molecule has 1 rings (SSSR count). The van der Waals surface area contributed by atoms with Crippen LogP contribution >= 0.6 is 0 Å². The van der Waals surface area contributed by atoms with Gasteiger partial charge in [0.05, 0.1) is 11.9 Å². The van der Waals surface area contributed by atoms with E-state index >= 15 is 0 Å². The zero-order valence-corrected chi connectivity index (χ0v) is 6.00. The lowest BCUT2D eigenvalue weighted by Gasteiger charge is -2.01. The number of nitrogens with zero attached hydrogens (tertiary/aromatic N) is 1. The molecule has 2 N–H and O–H groups in total. The van der Waals surface area contributed by atoms with Crippen molar-refractivity contribution in [1.82, 2.24) is 4.98 Å². The molecule has 1 aromatic rings. The van der Waals surface area contributed by atoms with Crippen molar-refractivity contribution in [2.24, 2.45) is 0 Å². The number of carbonyl (C=O) groups is 1. The summed E-state index contributed by atoms with van der Waals surface area (Å²) >= 11 is 0. The van der Waals surface area contributed by atoms with E-state index in [9.17, 15) is 13.6 Å². The first kappa shape index (κ1) is 8.58. The largest absolute Gasteiger partial charge is 0.397 e. The number of anilines is 1. The number of aldehydes is 1. The maximum absolute atomic E-state index is 12.1. The van der Waals surface area contributed by atoms with E-state index in [4.69, 9.17) is 5.73 Å². The molecule has 64 valence electrons. The predicted octanol–water partition coefficient (Wildman–Crippen LogP) is 1.41. The van der Waals surface area contributed by atoms with Crippen LogP contribution in [0.3, 0.4) is 0 Å². The molecule has 0 unspecified atom stereocenters. The molecule has 0 aromatic carbocycles. The minimum atomic E-state index is -2.74. The van der Waals surface area contributed by atoms with Gasteiger partial charge in [-0.1, -0.05) is 0 Å². The molecule has 0 saturated carbocycles. The van der Waals surface area contributed by atoms with Gasteiger partial charge in [0.25, 0.3) is 6.43 Å². The van der Waals surface area contributed by atoms with Gasteiger partial charge in [-0.15, -0.1) is 0 Å². The van der Waals surface area contributed by atoms with Gasteiger partial charge in [-0.2, -0.15) is 0 Å². The SMILES string of the molecule is Nc1cnc(C(F)F)c(C=O)c1. The van der Waals surface area contributed by atoms with Crippen LogP contribution in [0.2, 0.25) is 0 Å². The van der Waals surface area contributed by atoms with Gasteiger partial charge in [-0.05, 0) is 6.07 Å². The zero-order valence-electron chi connectivity index (χ0n) is 6.00. The molecule has 12 heavy (non-hydrogen) atoms. The number of nitrogen functional groups attached to an aromatic ring is 1. The first-order chi connectivity index (χ1) is 5.65. The fourth-order valence-electron chi connectivity index (χ4n) is 0.786. The Hall–Kier alpha value is -1.52. The summed E-state index contributed by atoms with van der Waals surface area (Å²) in [6, 6.07) is 1.17. The van der Waals surface area contributed by atoms with Crippen LogP contribution in [0.25, 0.3) is 0 Å². The summed E-state index contributed by atoms with van der Waals surface area (Å²) in [6.45, 7) is 0. The van der Waals surface area contributed by atoms with Crippen LogP contribution in [0.4, 0.5) is 14.5 Å². The Morgan fingerprint density at radius 1 is 1.58 bits per heavy atom. The Labute approximate surface area is 67.2 Å². The summed E-state index contributed by atoms with van der Waals surface area (Å²) in [6.07, 6.45) is -1.34. The maximum Gasteiger partial charge on any atom is 0.281 e. The molecule has 0 aliphatic rings. The fourth-order valence-corrected chi connectivity index (χ4v) is 0.786. The van der Waals surface area contributed by atoms with Crippen molar-refractivity contribution in [3.63, 3.8) is 0 Å². The number of rotatable bonds is 2. The highest BCUT2D eigenvalue weighted by Gasteiger charge is 2.13. The van der Waals surface area contributed by atoms with Gasteiger partial charge < -0.3 is 5.73 Å². The van der Waals surface area contributed by atoms with Crippen molar-refractivity contribution in [1.29, 1.82) is 0 Å². The minimum Gasteiger partial charge on any atom is -0.397 e. The van der Waals surface area contributed by atoms with Crippen molar-refractivity contribution >= 4 is 12.0 Å². The second-order valence-electron chi connectivity index (χ2n) is 2.16. The number of nitrogens with two attached hydrogens (primary N) is 1. The molecule has 0 fully saturated rings. The number of carbonyl (C=O) groups excluding carboxylic acids is 1. The van der Waals surface area contributed by atoms with Crippen LogP contribution in [-0.4, -0.2) is 11.3 Å². The van der Waals surface area contributed by atoms with E-state index < -0.39 is 12.1 Å². The molecule has 1 heterocycles. The van der Waals surface area contributed by atoms with Crippen molar-refractivity contribution in [2.45, 2.75) is 6.43 Å². The van der Waals surface area contributed by atoms with Crippen LogP contribution in [0.5, 0.6) is 0 Å². The van der Waals surface area contributed by atoms with Crippen molar-refractivity contribution < 1.29 is 13.6 Å². The molecule has 5 heteroatoms. The Morgan fingerprint density at radius 2 is 2.25 bits per heavy atom. The molecule has 0 aliphatic heterocycles. The van der Waals surface area contributed by atoms with Gasteiger partial charge in [0.15, 0.2) is 6.29 Å². The fraction of sp³-hybridized carbons (Fsp3) is 0.143. The van der Waals surface area contributed by atoms with Crippen molar-refractivity contribution in [3.05, 3.63) is 23.5 Å². The summed E-state index contributed by atoms with van der Waals surface area (Å²) in [4.78, 5) is 13.6. The number of halogens is 2. The lowest BCUT2D eigenvalue weighted by molar-refractivity contribution is 0.110. The van der Waals surface area contributed by atoms with E-state index in [1.165, 1.54) is 6.07 Å². The lowest BCUT2D eigenvalue weighted by atomic mass is 10.2. The third-order valence-electron chi connectivity index (χ3n) is 1.30. The number of alkyl halides is 2. The van der Waals surface area contributed by atoms with Crippen LogP contribution in [-0.2, 0) is 0 Å². The molecular weight excluding hydrogens is 166 g/mol. The van der Waals surface area contributed by atoms with E-state index in [0.29, 0.717) is 6.29 Å². The van der Waals surface area contributed by atoms with Crippen LogP contribution in [0, 0.1) is 0 Å². The van der Waals surface area contributed by atoms with E-state index in [0.717, 1.165) is 6.20 Å². The molecule has 3 nitrogen and oxygen atoms in total. The summed E-state index contributed by atoms with van der Waals surface area (Å²) in [7, 11) is 0. The van der Waals surface area contributed by atoms with Gasteiger partial charge in [-0.25, -0.2) is 8.78 Å². The molecule has 0 aliphatic carbocycles. The predicted molar refractivity (Wildman–Crippen MR) is 39.0 cm³/mol. The van der Waals surface area contributed by atoms with Crippen LogP contribution in [0.15, 0.2) is 12.3 Å². The Morgan fingerprint density at radius 3 is 2.75 bits per heavy atom. The molecular formula is C7H6F2N2O. The van der Waals surface area contributed by atoms with E-state index in [2.05, 4.69) is 4.98 Å². The lowest BCUT2D eigenvalue weighted by Crippen LogP contribution is -1.99. The van der Waals surface area contributed by atoms with Gasteiger partial charge in [0.1, 0.15) is 5.69 Å². The van der Waals surface area contributed by atoms with E-state index in [1.54, 1.807) is 0 Å². The summed E-state index contributed by atoms with van der Waals surface area (Å²) in [5.74, 6) is 0. The van der Waals surface area contributed by atoms with Crippen LogP contribution < -0.4 is 5.73 Å². The highest BCUT2D eigenvalue weighted by atomic mass is 19.3. The minimum absolute atomic E-state index is 0.162. The molecule has 0 amide bonds. The Bertz CT molecular complexity index is 301. The molecule has 0 spiro atoms. The number of aromatic nitrogens is 1. The normalized spacial score (nSPS) is 10.2. The van der Waals surface area contributed by atoms with Gasteiger partial charge >= 0.3 is 0 Å². The number of hydrogen-bond donors (Lipinski definition) is 1. The number of pyridine rings is 1. The third-order valence-corrected chi connectivity index (χ3v) is 1.30. The standard InChI is InChI=1S/C7H6F2N2O/c8-7(9)6-4(3-12)1-5(10)2-11-6/h1-3,7H,10H2. The second kappa shape index (κ2) is 3.25. The van der Waals surface area contributed by atoms with Crippen molar-refractivity contribution in [3.8, 4) is 0 Å². The maximum atomic E-state index is 12.1. The number of hydrogen-bond acceptors (Lipinski definition) is 3. The summed E-state index contributed by atoms with van der Waals surface area (Å²) in [5, 5.41) is 0. The van der Waals surface area contributed by atoms with Gasteiger partial charge in [-0.3, -0.25) is 9.78 Å². The summed E-state index contributed by atoms with van der Waals surface area (Å²) in [5.41, 5.74) is 4.74. The van der Waals surface area contributed by atoms with E-state index in [-0.39, 0.29) is 11.3 Å². The molecule has 0 saturated heterocycles. The average Bonchev–Trinajstić information content (AvgIpc) is 2.03. The highest BCUT2D eigenvalue weighted by Crippen LogP contribution is 2.20. The van der Waals surface area contributed by atoms with Gasteiger partial charge in [0, 0.05) is 5.56 Å². The molecule has 0 atom stereocenters. The topological polar surface area (TPSA) is 56.0 Å². The van der Waals surface area contributed by atoms with E-state index in [1.807, 2.05) is 0 Å². The molecule has 0 bridgehead atoms. The average molecular weight is 172 g/mol. The third kappa shape index (κ3) is 1.55. The quantitative estimate of drug-likeness (QED) is 0.686. The monoisotopic (exact) mass is 172 g/mol. The first-order valence-corrected chi connectivity index (χ1v) is 3.14. The van der Waals surface area contributed by atoms with Crippen molar-refractivity contribution in [2.75, 3.05) is 5.73 Å². The van der Waals surface area contributed by atoms with Gasteiger partial charge in [0.2, 0.25) is 0 Å². The smallest absolute Gasteiger partial charge is 0.281 e.